The number of nitrogens with one attached hydrogen (secondary N) is 4. The van der Waals surface area contributed by atoms with Crippen LogP contribution in [0.2, 0.25) is 10.0 Å². The van der Waals surface area contributed by atoms with E-state index in [0.717, 1.165) is 0 Å². The van der Waals surface area contributed by atoms with Crippen LogP contribution >= 0.6 is 35.4 Å². The Bertz CT molecular complexity index is 1040. The maximum absolute atomic E-state index is 12.3. The number of alkyl carbamates (subject to hydrolysis) is 1. The van der Waals surface area contributed by atoms with Crippen LogP contribution in [0, 0.1) is 0 Å². The summed E-state index contributed by atoms with van der Waals surface area (Å²) < 4.78 is 5.12. The molecule has 33 heavy (non-hydrogen) atoms. The molecule has 0 bridgehead atoms. The van der Waals surface area contributed by atoms with Crippen molar-refractivity contribution >= 4 is 64.1 Å². The first-order chi connectivity index (χ1) is 15.4. The Kier molecular flexibility index (Phi) is 9.45. The zero-order valence-corrected chi connectivity index (χ0v) is 20.6. The fraction of sp³-hybridized carbons (Fsp3) is 0.273. The molecule has 2 rings (SSSR count). The molecule has 0 aliphatic rings. The lowest BCUT2D eigenvalue weighted by atomic mass is 10.2. The molecule has 3 amide bonds. The predicted octanol–water partition coefficient (Wildman–Crippen LogP) is 4.37. The second kappa shape index (κ2) is 11.8. The summed E-state index contributed by atoms with van der Waals surface area (Å²) >= 11 is 17.0. The molecule has 2 aromatic rings. The number of carbonyl (C=O) groups is 3. The van der Waals surface area contributed by atoms with Gasteiger partial charge in [0.15, 0.2) is 5.11 Å². The first-order valence-electron chi connectivity index (χ1n) is 9.87. The Morgan fingerprint density at radius 1 is 0.939 bits per heavy atom. The van der Waals surface area contributed by atoms with Crippen molar-refractivity contribution < 1.29 is 19.1 Å². The summed E-state index contributed by atoms with van der Waals surface area (Å²) in [7, 11) is 0. The number of anilines is 1. The van der Waals surface area contributed by atoms with Crippen LogP contribution in [0.1, 0.15) is 41.5 Å². The van der Waals surface area contributed by atoms with E-state index in [-0.39, 0.29) is 34.7 Å². The van der Waals surface area contributed by atoms with Gasteiger partial charge in [0.2, 0.25) is 0 Å². The van der Waals surface area contributed by atoms with Crippen LogP contribution in [0.25, 0.3) is 0 Å². The van der Waals surface area contributed by atoms with E-state index in [1.807, 2.05) is 0 Å². The number of benzene rings is 2. The van der Waals surface area contributed by atoms with Crippen molar-refractivity contribution in [1.29, 1.82) is 0 Å². The van der Waals surface area contributed by atoms with Gasteiger partial charge in [-0.15, -0.1) is 0 Å². The van der Waals surface area contributed by atoms with Gasteiger partial charge in [-0.1, -0.05) is 23.2 Å². The first-order valence-corrected chi connectivity index (χ1v) is 11.0. The first kappa shape index (κ1) is 26.4. The standard InChI is InChI=1S/C22H24Cl2N4O4S/c1-22(2,3)32-21(31)26-11-10-25-18(29)13-4-7-15(8-5-13)27-20(33)28-19(30)16-9-6-14(23)12-17(16)24/h4-9,12H,10-11H2,1-3H3,(H,25,29)(H,26,31)(H2,27,28,30,33). The normalized spacial score (nSPS) is 10.7. The Morgan fingerprint density at radius 2 is 1.58 bits per heavy atom. The van der Waals surface area contributed by atoms with Crippen molar-refractivity contribution in [2.75, 3.05) is 18.4 Å². The molecule has 0 aromatic heterocycles. The highest BCUT2D eigenvalue weighted by molar-refractivity contribution is 7.80. The fourth-order valence-corrected chi connectivity index (χ4v) is 3.17. The van der Waals surface area contributed by atoms with Crippen LogP contribution in [0.3, 0.4) is 0 Å². The molecule has 2 aromatic carbocycles. The molecule has 0 unspecified atom stereocenters. The third-order valence-electron chi connectivity index (χ3n) is 3.89. The Balaban J connectivity index is 1.79. The Morgan fingerprint density at radius 3 is 2.18 bits per heavy atom. The molecular weight excluding hydrogens is 487 g/mol. The highest BCUT2D eigenvalue weighted by atomic mass is 35.5. The van der Waals surface area contributed by atoms with E-state index in [2.05, 4.69) is 21.3 Å². The van der Waals surface area contributed by atoms with E-state index in [0.29, 0.717) is 16.3 Å². The molecule has 8 nitrogen and oxygen atoms in total. The van der Waals surface area contributed by atoms with Crippen LogP contribution in [0.5, 0.6) is 0 Å². The van der Waals surface area contributed by atoms with Crippen molar-refractivity contribution in [1.82, 2.24) is 16.0 Å². The minimum absolute atomic E-state index is 0.0661. The van der Waals surface area contributed by atoms with Crippen LogP contribution < -0.4 is 21.3 Å². The van der Waals surface area contributed by atoms with Gasteiger partial charge >= 0.3 is 6.09 Å². The number of rotatable bonds is 6. The van der Waals surface area contributed by atoms with Gasteiger partial charge in [-0.05, 0) is 75.5 Å². The van der Waals surface area contributed by atoms with Crippen molar-refractivity contribution in [2.45, 2.75) is 26.4 Å². The number of ether oxygens (including phenoxy) is 1. The third kappa shape index (κ3) is 9.25. The van der Waals surface area contributed by atoms with Crippen LogP contribution in [0.4, 0.5) is 10.5 Å². The Labute approximate surface area is 207 Å². The van der Waals surface area contributed by atoms with E-state index in [1.54, 1.807) is 51.1 Å². The van der Waals surface area contributed by atoms with E-state index >= 15 is 0 Å². The van der Waals surface area contributed by atoms with Crippen LogP contribution in [-0.4, -0.2) is 41.7 Å². The summed E-state index contributed by atoms with van der Waals surface area (Å²) in [4.78, 5) is 36.1. The average Bonchev–Trinajstić information content (AvgIpc) is 2.70. The smallest absolute Gasteiger partial charge is 0.407 e. The minimum Gasteiger partial charge on any atom is -0.444 e. The molecule has 176 valence electrons. The zero-order valence-electron chi connectivity index (χ0n) is 18.3. The number of hydrogen-bond donors (Lipinski definition) is 4. The highest BCUT2D eigenvalue weighted by Crippen LogP contribution is 2.21. The van der Waals surface area contributed by atoms with Gasteiger partial charge in [-0.25, -0.2) is 4.79 Å². The minimum atomic E-state index is -0.586. The van der Waals surface area contributed by atoms with Gasteiger partial charge in [-0.2, -0.15) is 0 Å². The molecule has 0 saturated carbocycles. The summed E-state index contributed by atoms with van der Waals surface area (Å²) in [5, 5.41) is 11.3. The van der Waals surface area contributed by atoms with E-state index in [1.165, 1.54) is 12.1 Å². The summed E-state index contributed by atoms with van der Waals surface area (Å²) in [6.45, 7) is 5.77. The van der Waals surface area contributed by atoms with Gasteiger partial charge in [0.1, 0.15) is 5.60 Å². The summed E-state index contributed by atoms with van der Waals surface area (Å²) in [6, 6.07) is 11.0. The summed E-state index contributed by atoms with van der Waals surface area (Å²) in [5.41, 5.74) is 0.640. The highest BCUT2D eigenvalue weighted by Gasteiger charge is 2.16. The largest absolute Gasteiger partial charge is 0.444 e. The quantitative estimate of drug-likeness (QED) is 0.339. The molecule has 0 fully saturated rings. The topological polar surface area (TPSA) is 109 Å². The monoisotopic (exact) mass is 510 g/mol. The average molecular weight is 511 g/mol. The number of amides is 3. The summed E-state index contributed by atoms with van der Waals surface area (Å²) in [6.07, 6.45) is -0.548. The fourth-order valence-electron chi connectivity index (χ4n) is 2.47. The van der Waals surface area contributed by atoms with E-state index in [4.69, 9.17) is 40.2 Å². The van der Waals surface area contributed by atoms with Gasteiger partial charge in [0, 0.05) is 29.4 Å². The second-order valence-electron chi connectivity index (χ2n) is 7.79. The van der Waals surface area contributed by atoms with Crippen molar-refractivity contribution in [3.8, 4) is 0 Å². The van der Waals surface area contributed by atoms with E-state index < -0.39 is 17.6 Å². The second-order valence-corrected chi connectivity index (χ2v) is 9.05. The molecule has 0 spiro atoms. The lowest BCUT2D eigenvalue weighted by Crippen LogP contribution is -2.37. The molecule has 0 aliphatic heterocycles. The molecule has 11 heteroatoms. The predicted molar refractivity (Wildman–Crippen MR) is 133 cm³/mol. The molecular formula is C22H24Cl2N4O4S. The van der Waals surface area contributed by atoms with Crippen LogP contribution in [0.15, 0.2) is 42.5 Å². The zero-order chi connectivity index (χ0) is 24.6. The maximum Gasteiger partial charge on any atom is 0.407 e. The molecule has 4 N–H and O–H groups in total. The summed E-state index contributed by atoms with van der Waals surface area (Å²) in [5.74, 6) is -0.786. The Hall–Kier alpha value is -2.88. The third-order valence-corrected chi connectivity index (χ3v) is 4.64. The van der Waals surface area contributed by atoms with Crippen LogP contribution in [-0.2, 0) is 4.74 Å². The molecule has 0 heterocycles. The van der Waals surface area contributed by atoms with Gasteiger partial charge < -0.3 is 20.7 Å². The van der Waals surface area contributed by atoms with E-state index in [9.17, 15) is 14.4 Å². The lowest BCUT2D eigenvalue weighted by Gasteiger charge is -2.19. The van der Waals surface area contributed by atoms with Gasteiger partial charge in [0.05, 0.1) is 10.6 Å². The van der Waals surface area contributed by atoms with Crippen molar-refractivity contribution in [3.63, 3.8) is 0 Å². The number of carbonyl (C=O) groups excluding carboxylic acids is 3. The maximum atomic E-state index is 12.3. The van der Waals surface area contributed by atoms with Crippen molar-refractivity contribution in [2.24, 2.45) is 0 Å². The number of halogens is 2. The molecule has 0 aliphatic carbocycles. The SMILES string of the molecule is CC(C)(C)OC(=O)NCCNC(=O)c1ccc(NC(=S)NC(=O)c2ccc(Cl)cc2Cl)cc1. The number of hydrogen-bond acceptors (Lipinski definition) is 5. The van der Waals surface area contributed by atoms with Gasteiger partial charge in [-0.3, -0.25) is 14.9 Å². The lowest BCUT2D eigenvalue weighted by molar-refractivity contribution is 0.0526. The number of thiocarbonyl (C=S) groups is 1. The van der Waals surface area contributed by atoms with Gasteiger partial charge in [0.25, 0.3) is 11.8 Å². The molecule has 0 radical (unpaired) electrons. The molecule has 0 saturated heterocycles. The van der Waals surface area contributed by atoms with Crippen molar-refractivity contribution in [3.05, 3.63) is 63.6 Å². The molecule has 0 atom stereocenters.